The minimum Gasteiger partial charge on any atom is -0.472 e. The molecule has 0 aliphatic rings. The van der Waals surface area contributed by atoms with E-state index < -0.39 is 6.10 Å². The summed E-state index contributed by atoms with van der Waals surface area (Å²) in [5.41, 5.74) is 1.95. The molecule has 1 atom stereocenters. The van der Waals surface area contributed by atoms with Gasteiger partial charge in [-0.25, -0.2) is 0 Å². The summed E-state index contributed by atoms with van der Waals surface area (Å²) in [6, 6.07) is 21.3. The van der Waals surface area contributed by atoms with Gasteiger partial charge in [-0.15, -0.1) is 0 Å². The summed E-state index contributed by atoms with van der Waals surface area (Å²) in [5, 5.41) is 10.3. The normalized spacial score (nSPS) is 12.0. The maximum absolute atomic E-state index is 10.3. The van der Waals surface area contributed by atoms with Crippen LogP contribution in [0.25, 0.3) is 0 Å². The van der Waals surface area contributed by atoms with Crippen LogP contribution in [-0.4, -0.2) is 9.48 Å². The highest BCUT2D eigenvalue weighted by Crippen LogP contribution is 2.28. The Balaban J connectivity index is 1.66. The third kappa shape index (κ3) is 3.48. The van der Waals surface area contributed by atoms with Crippen molar-refractivity contribution in [2.75, 3.05) is 0 Å². The number of hydrogen-bond donors (Lipinski definition) is 1. The summed E-state index contributed by atoms with van der Waals surface area (Å²) in [7, 11) is 0. The van der Waals surface area contributed by atoms with E-state index in [9.17, 15) is 5.11 Å². The number of aliphatic hydroxyl groups is 1. The second-order valence-corrected chi connectivity index (χ2v) is 5.49. The van der Waals surface area contributed by atoms with Gasteiger partial charge in [-0.2, -0.15) is 4.37 Å². The van der Waals surface area contributed by atoms with Gasteiger partial charge in [0.15, 0.2) is 0 Å². The minimum atomic E-state index is -0.655. The summed E-state index contributed by atoms with van der Waals surface area (Å²) < 4.78 is 9.88. The molecule has 0 amide bonds. The second-order valence-electron chi connectivity index (χ2n) is 4.66. The Morgan fingerprint density at radius 2 is 1.67 bits per heavy atom. The lowest BCUT2D eigenvalue weighted by atomic mass is 10.1. The summed E-state index contributed by atoms with van der Waals surface area (Å²) in [5.74, 6) is 0.550. The molecule has 1 N–H and O–H groups in total. The van der Waals surface area contributed by atoms with Gasteiger partial charge in [0.05, 0.1) is 4.88 Å². The molecule has 0 aliphatic carbocycles. The standard InChI is InChI=1S/C17H15NO2S/c19-17(14-9-5-2-6-10-14)15-11-16(18-21-15)20-12-13-7-3-1-4-8-13/h1-11,17,19H,12H2/t17-/m1/s1. The van der Waals surface area contributed by atoms with E-state index in [1.165, 1.54) is 11.5 Å². The number of benzene rings is 2. The van der Waals surface area contributed by atoms with Gasteiger partial charge in [0.2, 0.25) is 5.88 Å². The molecule has 106 valence electrons. The topological polar surface area (TPSA) is 42.4 Å². The van der Waals surface area contributed by atoms with Crippen molar-refractivity contribution in [3.63, 3.8) is 0 Å². The highest BCUT2D eigenvalue weighted by Gasteiger charge is 2.14. The van der Waals surface area contributed by atoms with E-state index in [-0.39, 0.29) is 0 Å². The maximum Gasteiger partial charge on any atom is 0.225 e. The van der Waals surface area contributed by atoms with E-state index >= 15 is 0 Å². The van der Waals surface area contributed by atoms with Crippen LogP contribution in [0.1, 0.15) is 22.1 Å². The van der Waals surface area contributed by atoms with E-state index in [0.29, 0.717) is 12.5 Å². The van der Waals surface area contributed by atoms with Gasteiger partial charge >= 0.3 is 0 Å². The van der Waals surface area contributed by atoms with Crippen molar-refractivity contribution in [2.24, 2.45) is 0 Å². The van der Waals surface area contributed by atoms with Crippen LogP contribution in [0.2, 0.25) is 0 Å². The number of ether oxygens (including phenoxy) is 1. The first kappa shape index (κ1) is 13.8. The van der Waals surface area contributed by atoms with Gasteiger partial charge in [0, 0.05) is 6.07 Å². The van der Waals surface area contributed by atoms with Crippen LogP contribution in [0.15, 0.2) is 66.7 Å². The number of hydrogen-bond acceptors (Lipinski definition) is 4. The summed E-state index contributed by atoms with van der Waals surface area (Å²) in [4.78, 5) is 0.782. The number of nitrogens with zero attached hydrogens (tertiary/aromatic N) is 1. The van der Waals surface area contributed by atoms with E-state index in [2.05, 4.69) is 4.37 Å². The number of rotatable bonds is 5. The fourth-order valence-electron chi connectivity index (χ4n) is 2.00. The van der Waals surface area contributed by atoms with Crippen LogP contribution in [0, 0.1) is 0 Å². The molecule has 0 spiro atoms. The lowest BCUT2D eigenvalue weighted by Crippen LogP contribution is -1.97. The lowest BCUT2D eigenvalue weighted by Gasteiger charge is -2.07. The Morgan fingerprint density at radius 3 is 2.38 bits per heavy atom. The third-order valence-corrected chi connectivity index (χ3v) is 3.94. The van der Waals surface area contributed by atoms with Crippen molar-refractivity contribution >= 4 is 11.5 Å². The molecular weight excluding hydrogens is 282 g/mol. The van der Waals surface area contributed by atoms with Gasteiger partial charge in [-0.3, -0.25) is 0 Å². The molecule has 3 rings (SSSR count). The first-order valence-corrected chi connectivity index (χ1v) is 7.46. The molecule has 0 aliphatic heterocycles. The molecule has 4 heteroatoms. The third-order valence-electron chi connectivity index (χ3n) is 3.12. The quantitative estimate of drug-likeness (QED) is 0.779. The highest BCUT2D eigenvalue weighted by molar-refractivity contribution is 7.06. The SMILES string of the molecule is O[C@H](c1ccccc1)c1cc(OCc2ccccc2)ns1. The van der Waals surface area contributed by atoms with E-state index in [1.54, 1.807) is 6.07 Å². The number of aromatic nitrogens is 1. The first-order chi connectivity index (χ1) is 10.3. The van der Waals surface area contributed by atoms with E-state index in [4.69, 9.17) is 4.74 Å². The Morgan fingerprint density at radius 1 is 1.00 bits per heavy atom. The summed E-state index contributed by atoms with van der Waals surface area (Å²) >= 11 is 1.26. The molecule has 0 unspecified atom stereocenters. The average Bonchev–Trinajstić information content (AvgIpc) is 3.03. The molecular formula is C17H15NO2S. The first-order valence-electron chi connectivity index (χ1n) is 6.69. The lowest BCUT2D eigenvalue weighted by molar-refractivity contribution is 0.223. The molecule has 3 nitrogen and oxygen atoms in total. The van der Waals surface area contributed by atoms with Crippen LogP contribution >= 0.6 is 11.5 Å². The van der Waals surface area contributed by atoms with Crippen molar-refractivity contribution in [1.82, 2.24) is 4.37 Å². The fourth-order valence-corrected chi connectivity index (χ4v) is 2.69. The zero-order chi connectivity index (χ0) is 14.5. The van der Waals surface area contributed by atoms with Crippen LogP contribution < -0.4 is 4.74 Å². The molecule has 2 aromatic carbocycles. The van der Waals surface area contributed by atoms with Gasteiger partial charge in [-0.05, 0) is 22.7 Å². The highest BCUT2D eigenvalue weighted by atomic mass is 32.1. The molecule has 1 aromatic heterocycles. The molecule has 0 bridgehead atoms. The molecule has 21 heavy (non-hydrogen) atoms. The van der Waals surface area contributed by atoms with Gasteiger partial charge < -0.3 is 9.84 Å². The fraction of sp³-hybridized carbons (Fsp3) is 0.118. The van der Waals surface area contributed by atoms with Crippen molar-refractivity contribution in [1.29, 1.82) is 0 Å². The molecule has 0 radical (unpaired) electrons. The largest absolute Gasteiger partial charge is 0.472 e. The van der Waals surface area contributed by atoms with Crippen LogP contribution in [0.5, 0.6) is 5.88 Å². The Hall–Kier alpha value is -2.17. The molecule has 0 saturated heterocycles. The second kappa shape index (κ2) is 6.52. The zero-order valence-corrected chi connectivity index (χ0v) is 12.2. The maximum atomic E-state index is 10.3. The Bertz CT molecular complexity index is 682. The summed E-state index contributed by atoms with van der Waals surface area (Å²) in [6.45, 7) is 0.478. The number of aliphatic hydroxyl groups excluding tert-OH is 1. The monoisotopic (exact) mass is 297 g/mol. The molecule has 3 aromatic rings. The Kier molecular flexibility index (Phi) is 4.28. The van der Waals surface area contributed by atoms with Crippen LogP contribution in [-0.2, 0) is 6.61 Å². The molecule has 0 saturated carbocycles. The average molecular weight is 297 g/mol. The van der Waals surface area contributed by atoms with E-state index in [0.717, 1.165) is 16.0 Å². The summed E-state index contributed by atoms with van der Waals surface area (Å²) in [6.07, 6.45) is -0.655. The van der Waals surface area contributed by atoms with Crippen LogP contribution in [0.3, 0.4) is 0 Å². The van der Waals surface area contributed by atoms with Crippen molar-refractivity contribution < 1.29 is 9.84 Å². The van der Waals surface area contributed by atoms with Gasteiger partial charge in [-0.1, -0.05) is 60.7 Å². The van der Waals surface area contributed by atoms with E-state index in [1.807, 2.05) is 60.7 Å². The van der Waals surface area contributed by atoms with Gasteiger partial charge in [0.1, 0.15) is 12.7 Å². The van der Waals surface area contributed by atoms with Gasteiger partial charge in [0.25, 0.3) is 0 Å². The molecule has 1 heterocycles. The predicted molar refractivity (Wildman–Crippen MR) is 83.4 cm³/mol. The van der Waals surface area contributed by atoms with Crippen LogP contribution in [0.4, 0.5) is 0 Å². The van der Waals surface area contributed by atoms with Crippen molar-refractivity contribution in [3.8, 4) is 5.88 Å². The Labute approximate surface area is 127 Å². The smallest absolute Gasteiger partial charge is 0.225 e. The zero-order valence-electron chi connectivity index (χ0n) is 11.3. The van der Waals surface area contributed by atoms with Crippen molar-refractivity contribution in [3.05, 3.63) is 82.7 Å². The molecule has 0 fully saturated rings. The predicted octanol–water partition coefficient (Wildman–Crippen LogP) is 3.80. The van der Waals surface area contributed by atoms with Crippen molar-refractivity contribution in [2.45, 2.75) is 12.7 Å². The minimum absolute atomic E-state index is 0.478.